The molecule has 2 aromatic carbocycles. The topological polar surface area (TPSA) is 63.2 Å². The Balaban J connectivity index is 2.05. The van der Waals surface area contributed by atoms with Crippen molar-refractivity contribution >= 4 is 49.6 Å². The van der Waals surface area contributed by atoms with Gasteiger partial charge in [0.2, 0.25) is 0 Å². The maximum Gasteiger partial charge on any atom is 0.331 e. The van der Waals surface area contributed by atoms with Gasteiger partial charge in [-0.05, 0) is 82.8 Å². The number of benzene rings is 2. The van der Waals surface area contributed by atoms with Gasteiger partial charge in [-0.2, -0.15) is 0 Å². The maximum atomic E-state index is 12.3. The molecule has 0 fully saturated rings. The zero-order chi connectivity index (χ0) is 47.0. The van der Waals surface area contributed by atoms with E-state index in [4.69, 9.17) is 22.4 Å². The number of carbonyl (C=O) groups is 1. The summed E-state index contributed by atoms with van der Waals surface area (Å²) < 4.78 is 35.4. The van der Waals surface area contributed by atoms with E-state index in [9.17, 15) is 4.79 Å². The van der Waals surface area contributed by atoms with E-state index in [0.717, 1.165) is 36.3 Å². The largest absolute Gasteiger partial charge is 0.455 e. The van der Waals surface area contributed by atoms with E-state index >= 15 is 0 Å². The van der Waals surface area contributed by atoms with Crippen molar-refractivity contribution in [2.45, 2.75) is 186 Å². The van der Waals surface area contributed by atoms with Crippen molar-refractivity contribution in [3.63, 3.8) is 0 Å². The van der Waals surface area contributed by atoms with Gasteiger partial charge in [0.1, 0.15) is 6.10 Å². The van der Waals surface area contributed by atoms with Crippen LogP contribution in [0, 0.1) is 0 Å². The van der Waals surface area contributed by atoms with Gasteiger partial charge >= 0.3 is 5.97 Å². The normalized spacial score (nSPS) is 18.1. The number of ether oxygens (including phenoxy) is 1. The molecule has 0 saturated carbocycles. The molecular formula is C53H86O6Si4. The first-order valence-electron chi connectivity index (χ1n) is 24.0. The highest BCUT2D eigenvalue weighted by atomic mass is 28.4. The Morgan fingerprint density at radius 2 is 1.22 bits per heavy atom. The lowest BCUT2D eigenvalue weighted by Crippen LogP contribution is -2.66. The van der Waals surface area contributed by atoms with Gasteiger partial charge in [0.25, 0.3) is 8.32 Å². The Kier molecular flexibility index (Phi) is 21.0. The zero-order valence-corrected chi connectivity index (χ0v) is 46.1. The summed E-state index contributed by atoms with van der Waals surface area (Å²) in [6.45, 7) is 35.0. The fraction of sp³-hybridized carbons (Fsp3) is 0.566. The predicted molar refractivity (Wildman–Crippen MR) is 279 cm³/mol. The molecule has 0 unspecified atom stereocenters. The van der Waals surface area contributed by atoms with Crippen molar-refractivity contribution in [3.8, 4) is 0 Å². The molecule has 3 rings (SSSR count). The molecular weight excluding hydrogens is 845 g/mol. The highest BCUT2D eigenvalue weighted by Crippen LogP contribution is 2.41. The lowest BCUT2D eigenvalue weighted by atomic mass is 9.93. The number of carbonyl (C=O) groups excluding carboxylic acids is 1. The number of hydrogen-bond donors (Lipinski definition) is 0. The van der Waals surface area contributed by atoms with Gasteiger partial charge in [0, 0.05) is 18.9 Å². The molecule has 0 saturated heterocycles. The van der Waals surface area contributed by atoms with Crippen LogP contribution in [0.1, 0.15) is 103 Å². The summed E-state index contributed by atoms with van der Waals surface area (Å²) in [5.74, 6) is -0.303. The monoisotopic (exact) mass is 931 g/mol. The van der Waals surface area contributed by atoms with Gasteiger partial charge in [-0.25, -0.2) is 4.79 Å². The summed E-state index contributed by atoms with van der Waals surface area (Å²) in [6, 6.07) is 27.7. The minimum absolute atomic E-state index is 0.0145. The molecule has 0 aromatic heterocycles. The van der Waals surface area contributed by atoms with Gasteiger partial charge in [-0.15, -0.1) is 0 Å². The molecule has 0 radical (unpaired) electrons. The van der Waals surface area contributed by atoms with E-state index in [-0.39, 0.29) is 34.4 Å². The van der Waals surface area contributed by atoms with Crippen LogP contribution < -0.4 is 10.4 Å². The van der Waals surface area contributed by atoms with Crippen molar-refractivity contribution in [3.05, 3.63) is 121 Å². The lowest BCUT2D eigenvalue weighted by molar-refractivity contribution is -0.141. The number of rotatable bonds is 25. The van der Waals surface area contributed by atoms with E-state index in [1.54, 1.807) is 0 Å². The molecule has 0 N–H and O–H groups in total. The second-order valence-electron chi connectivity index (χ2n) is 20.2. The van der Waals surface area contributed by atoms with Crippen LogP contribution in [0.5, 0.6) is 0 Å². The second kappa shape index (κ2) is 24.2. The van der Waals surface area contributed by atoms with Crippen LogP contribution in [0.25, 0.3) is 0 Å². The number of hydrogen-bond acceptors (Lipinski definition) is 6. The fourth-order valence-electron chi connectivity index (χ4n) is 8.61. The third-order valence-corrected chi connectivity index (χ3v) is 33.1. The van der Waals surface area contributed by atoms with Crippen molar-refractivity contribution < 1.29 is 27.2 Å². The summed E-state index contributed by atoms with van der Waals surface area (Å²) in [5, 5.41) is 2.49. The van der Waals surface area contributed by atoms with E-state index in [1.807, 2.05) is 6.08 Å². The number of allylic oxidation sites excluding steroid dienone is 4. The smallest absolute Gasteiger partial charge is 0.331 e. The molecule has 63 heavy (non-hydrogen) atoms. The van der Waals surface area contributed by atoms with Crippen molar-refractivity contribution in [1.29, 1.82) is 0 Å². The first-order valence-corrected chi connectivity index (χ1v) is 33.9. The third kappa shape index (κ3) is 14.7. The van der Waals surface area contributed by atoms with Crippen molar-refractivity contribution in [2.75, 3.05) is 6.61 Å². The van der Waals surface area contributed by atoms with Crippen LogP contribution in [0.4, 0.5) is 0 Å². The molecule has 6 nitrogen and oxygen atoms in total. The molecule has 350 valence electrons. The molecule has 1 aliphatic heterocycles. The highest BCUT2D eigenvalue weighted by Gasteiger charge is 2.50. The lowest BCUT2D eigenvalue weighted by Gasteiger charge is -2.48. The Morgan fingerprint density at radius 1 is 0.698 bits per heavy atom. The number of esters is 1. The summed E-state index contributed by atoms with van der Waals surface area (Å²) in [4.78, 5) is 12.3. The highest BCUT2D eigenvalue weighted by molar-refractivity contribution is 6.99. The molecule has 1 heterocycles. The quantitative estimate of drug-likeness (QED) is 0.0428. The first-order chi connectivity index (χ1) is 29.6. The van der Waals surface area contributed by atoms with Gasteiger partial charge in [-0.3, -0.25) is 0 Å². The van der Waals surface area contributed by atoms with Crippen LogP contribution in [0.3, 0.4) is 0 Å². The van der Waals surface area contributed by atoms with E-state index in [1.165, 1.54) is 16.4 Å². The molecule has 0 aliphatic carbocycles. The summed E-state index contributed by atoms with van der Waals surface area (Å²) in [6.07, 6.45) is 20.9. The number of cyclic esters (lactones) is 1. The van der Waals surface area contributed by atoms with Gasteiger partial charge in [-0.1, -0.05) is 192 Å². The molecule has 0 spiro atoms. The second-order valence-corrected chi connectivity index (χ2v) is 38.7. The van der Waals surface area contributed by atoms with Crippen molar-refractivity contribution in [1.82, 2.24) is 0 Å². The molecule has 1 aliphatic rings. The molecule has 4 atom stereocenters. The Labute approximate surface area is 389 Å². The Morgan fingerprint density at radius 3 is 1.70 bits per heavy atom. The van der Waals surface area contributed by atoms with Crippen molar-refractivity contribution in [2.24, 2.45) is 0 Å². The standard InChI is InChI=1S/C53H86O6Si4/c1-16-61(17-2,18-3)58-49(53(13,59-62(19-4,20-5)21-6)42-41-45-35-33-40-50(54)56-45)44-46(57-60(14,15)51(7,8)9)34-27-23-22-24-32-43-55-63(52(10,11)12,47-36-28-25-29-37-47)48-38-30-26-31-39-48/h22-34,36-42,45-46,49H,16-21,35,43-44H2,1-15H3/b23-22-,32-24+,34-27-,42-41+/t45-,46+,49-,53-/m1/s1. The van der Waals surface area contributed by atoms with Crippen LogP contribution in [0.2, 0.25) is 59.4 Å². The van der Waals surface area contributed by atoms with E-state index in [2.05, 4.69) is 212 Å². The van der Waals surface area contributed by atoms with E-state index in [0.29, 0.717) is 19.4 Å². The van der Waals surface area contributed by atoms with Crippen LogP contribution in [0.15, 0.2) is 121 Å². The third-order valence-electron chi connectivity index (χ3n) is 14.2. The average molecular weight is 932 g/mol. The fourth-order valence-corrected chi connectivity index (χ4v) is 20.4. The maximum absolute atomic E-state index is 12.3. The van der Waals surface area contributed by atoms with Crippen LogP contribution in [-0.4, -0.2) is 69.8 Å². The first kappa shape index (κ1) is 54.6. The van der Waals surface area contributed by atoms with E-state index < -0.39 is 38.9 Å². The Bertz CT molecular complexity index is 1760. The molecule has 10 heteroatoms. The summed E-state index contributed by atoms with van der Waals surface area (Å²) in [7, 11) is -9.19. The zero-order valence-electron chi connectivity index (χ0n) is 42.1. The van der Waals surface area contributed by atoms with Gasteiger partial charge < -0.3 is 22.4 Å². The summed E-state index contributed by atoms with van der Waals surface area (Å²) in [5.41, 5.74) is -0.772. The Hall–Kier alpha value is -2.68. The minimum Gasteiger partial charge on any atom is -0.455 e. The predicted octanol–water partition coefficient (Wildman–Crippen LogP) is 13.6. The molecule has 0 bridgehead atoms. The van der Waals surface area contributed by atoms with Gasteiger partial charge in [0.15, 0.2) is 25.0 Å². The molecule has 2 aromatic rings. The minimum atomic E-state index is -2.63. The van der Waals surface area contributed by atoms with Crippen LogP contribution in [-0.2, 0) is 27.2 Å². The molecule has 0 amide bonds. The summed E-state index contributed by atoms with van der Waals surface area (Å²) >= 11 is 0. The van der Waals surface area contributed by atoms with Gasteiger partial charge in [0.05, 0.1) is 24.4 Å². The van der Waals surface area contributed by atoms with Crippen LogP contribution >= 0.6 is 0 Å². The average Bonchev–Trinajstić information content (AvgIpc) is 3.25. The SMILES string of the molecule is CC[Si](CC)(CC)O[C@H](C[C@H](\C=C/C=C\C=C\CO[Si](c1ccccc1)(c1ccccc1)C(C)(C)C)O[Si](C)(C)C(C)(C)C)[C@@](C)(/C=C/[C@H]1CC=CC(=O)O1)O[Si](CC)(CC)CC.